The molecule has 1 aromatic rings. The number of likely N-dealkylation sites (N-methyl/N-ethyl adjacent to an activating group) is 1. The van der Waals surface area contributed by atoms with Crippen LogP contribution in [0, 0.1) is 0 Å². The summed E-state index contributed by atoms with van der Waals surface area (Å²) in [4.78, 5) is 18.9. The molecule has 138 valence electrons. The van der Waals surface area contributed by atoms with E-state index in [-0.39, 0.29) is 18.7 Å². The van der Waals surface area contributed by atoms with E-state index in [4.69, 9.17) is 0 Å². The van der Waals surface area contributed by atoms with Gasteiger partial charge in [0.25, 0.3) is 0 Å². The molecule has 2 aliphatic rings. The molecule has 0 unspecified atom stereocenters. The number of nitrogens with one attached hydrogen (secondary N) is 1. The SMILES string of the molecule is CN1CCN(CCc2ccc(NC(=O)N3CCC[C@H]3CO)cc2)CC1. The summed E-state index contributed by atoms with van der Waals surface area (Å²) in [5.41, 5.74) is 2.11. The van der Waals surface area contributed by atoms with Gasteiger partial charge in [-0.1, -0.05) is 12.1 Å². The number of rotatable bonds is 5. The molecule has 0 aromatic heterocycles. The molecule has 2 aliphatic heterocycles. The maximum atomic E-state index is 12.3. The van der Waals surface area contributed by atoms with Crippen molar-refractivity contribution >= 4 is 11.7 Å². The van der Waals surface area contributed by atoms with Gasteiger partial charge in [-0.2, -0.15) is 0 Å². The van der Waals surface area contributed by atoms with Crippen molar-refractivity contribution in [3.63, 3.8) is 0 Å². The van der Waals surface area contributed by atoms with Crippen LogP contribution in [0.3, 0.4) is 0 Å². The number of likely N-dealkylation sites (tertiary alicyclic amines) is 1. The van der Waals surface area contributed by atoms with E-state index < -0.39 is 0 Å². The third-order valence-electron chi connectivity index (χ3n) is 5.37. The first kappa shape index (κ1) is 18.2. The summed E-state index contributed by atoms with van der Waals surface area (Å²) in [5.74, 6) is 0. The molecule has 3 rings (SSSR count). The summed E-state index contributed by atoms with van der Waals surface area (Å²) in [5, 5.41) is 12.3. The molecular formula is C19H30N4O2. The average molecular weight is 346 g/mol. The fourth-order valence-electron chi connectivity index (χ4n) is 3.60. The van der Waals surface area contributed by atoms with Gasteiger partial charge < -0.3 is 25.1 Å². The molecule has 0 radical (unpaired) electrons. The van der Waals surface area contributed by atoms with Crippen LogP contribution in [0.4, 0.5) is 10.5 Å². The molecule has 1 atom stereocenters. The number of piperazine rings is 1. The van der Waals surface area contributed by atoms with Gasteiger partial charge in [-0.3, -0.25) is 0 Å². The molecule has 0 aliphatic carbocycles. The Morgan fingerprint density at radius 1 is 1.16 bits per heavy atom. The molecule has 0 saturated carbocycles. The Balaban J connectivity index is 1.46. The lowest BCUT2D eigenvalue weighted by Gasteiger charge is -2.32. The number of carbonyl (C=O) groups is 1. The molecule has 6 nitrogen and oxygen atoms in total. The molecule has 2 N–H and O–H groups in total. The van der Waals surface area contributed by atoms with E-state index >= 15 is 0 Å². The Labute approximate surface area is 150 Å². The van der Waals surface area contributed by atoms with E-state index in [2.05, 4.69) is 34.3 Å². The number of amides is 2. The molecule has 25 heavy (non-hydrogen) atoms. The largest absolute Gasteiger partial charge is 0.394 e. The first-order chi connectivity index (χ1) is 12.2. The van der Waals surface area contributed by atoms with Crippen molar-refractivity contribution in [3.8, 4) is 0 Å². The van der Waals surface area contributed by atoms with Gasteiger partial charge in [0.15, 0.2) is 0 Å². The maximum absolute atomic E-state index is 12.3. The van der Waals surface area contributed by atoms with Gasteiger partial charge in [0.2, 0.25) is 0 Å². The number of benzene rings is 1. The summed E-state index contributed by atoms with van der Waals surface area (Å²) < 4.78 is 0. The normalized spacial score (nSPS) is 22.3. The van der Waals surface area contributed by atoms with Crippen LogP contribution in [0.15, 0.2) is 24.3 Å². The zero-order chi connectivity index (χ0) is 17.6. The summed E-state index contributed by atoms with van der Waals surface area (Å²) >= 11 is 0. The van der Waals surface area contributed by atoms with E-state index in [0.717, 1.165) is 64.2 Å². The summed E-state index contributed by atoms with van der Waals surface area (Å²) in [6, 6.07) is 7.99. The van der Waals surface area contributed by atoms with E-state index in [9.17, 15) is 9.90 Å². The first-order valence-corrected chi connectivity index (χ1v) is 9.34. The maximum Gasteiger partial charge on any atom is 0.322 e. The van der Waals surface area contributed by atoms with Crippen molar-refractivity contribution in [2.24, 2.45) is 0 Å². The zero-order valence-electron chi connectivity index (χ0n) is 15.2. The second-order valence-electron chi connectivity index (χ2n) is 7.19. The predicted octanol–water partition coefficient (Wildman–Crippen LogP) is 1.47. The molecule has 0 spiro atoms. The second kappa shape index (κ2) is 8.65. The average Bonchev–Trinajstić information content (AvgIpc) is 3.11. The van der Waals surface area contributed by atoms with Gasteiger partial charge >= 0.3 is 6.03 Å². The third kappa shape index (κ3) is 4.93. The van der Waals surface area contributed by atoms with Crippen LogP contribution < -0.4 is 5.32 Å². The molecule has 2 saturated heterocycles. The standard InChI is InChI=1S/C19H30N4O2/c1-21-11-13-22(14-12-21)10-8-16-4-6-17(7-5-16)20-19(25)23-9-2-3-18(23)15-24/h4-7,18,24H,2-3,8-15H2,1H3,(H,20,25)/t18-/m0/s1. The van der Waals surface area contributed by atoms with Crippen LogP contribution in [0.2, 0.25) is 0 Å². The third-order valence-corrected chi connectivity index (χ3v) is 5.37. The van der Waals surface area contributed by atoms with Crippen LogP contribution in [0.1, 0.15) is 18.4 Å². The highest BCUT2D eigenvalue weighted by molar-refractivity contribution is 5.89. The van der Waals surface area contributed by atoms with Crippen LogP contribution in [-0.4, -0.2) is 84.8 Å². The quantitative estimate of drug-likeness (QED) is 0.848. The number of urea groups is 1. The highest BCUT2D eigenvalue weighted by atomic mass is 16.3. The minimum Gasteiger partial charge on any atom is -0.394 e. The number of carbonyl (C=O) groups excluding carboxylic acids is 1. The summed E-state index contributed by atoms with van der Waals surface area (Å²) in [6.45, 7) is 6.44. The molecule has 2 heterocycles. The number of aliphatic hydroxyl groups excluding tert-OH is 1. The topological polar surface area (TPSA) is 59.0 Å². The molecule has 2 amide bonds. The minimum absolute atomic E-state index is 0.0390. The van der Waals surface area contributed by atoms with E-state index in [1.165, 1.54) is 5.56 Å². The number of nitrogens with zero attached hydrogens (tertiary/aromatic N) is 3. The zero-order valence-corrected chi connectivity index (χ0v) is 15.2. The number of hydrogen-bond donors (Lipinski definition) is 2. The van der Waals surface area contributed by atoms with Gasteiger partial charge in [-0.05, 0) is 44.0 Å². The lowest BCUT2D eigenvalue weighted by molar-refractivity contribution is 0.155. The first-order valence-electron chi connectivity index (χ1n) is 9.34. The Morgan fingerprint density at radius 3 is 2.56 bits per heavy atom. The van der Waals surface area contributed by atoms with Crippen LogP contribution in [0.25, 0.3) is 0 Å². The predicted molar refractivity (Wildman–Crippen MR) is 99.9 cm³/mol. The molecule has 2 fully saturated rings. The van der Waals surface area contributed by atoms with Gasteiger partial charge in [-0.25, -0.2) is 4.79 Å². The van der Waals surface area contributed by atoms with Gasteiger partial charge in [0, 0.05) is 45.0 Å². The van der Waals surface area contributed by atoms with Crippen molar-refractivity contribution in [2.75, 3.05) is 58.2 Å². The van der Waals surface area contributed by atoms with Gasteiger partial charge in [0.1, 0.15) is 0 Å². The monoisotopic (exact) mass is 346 g/mol. The van der Waals surface area contributed by atoms with Gasteiger partial charge in [-0.15, -0.1) is 0 Å². The number of hydrogen-bond acceptors (Lipinski definition) is 4. The summed E-state index contributed by atoms with van der Waals surface area (Å²) in [6.07, 6.45) is 2.88. The lowest BCUT2D eigenvalue weighted by Crippen LogP contribution is -2.45. The van der Waals surface area contributed by atoms with Gasteiger partial charge in [0.05, 0.1) is 12.6 Å². The molecule has 1 aromatic carbocycles. The number of anilines is 1. The number of aliphatic hydroxyl groups is 1. The highest BCUT2D eigenvalue weighted by Crippen LogP contribution is 2.19. The highest BCUT2D eigenvalue weighted by Gasteiger charge is 2.27. The molecule has 0 bridgehead atoms. The Bertz CT molecular complexity index is 555. The smallest absolute Gasteiger partial charge is 0.322 e. The van der Waals surface area contributed by atoms with E-state index in [1.54, 1.807) is 4.90 Å². The second-order valence-corrected chi connectivity index (χ2v) is 7.19. The Morgan fingerprint density at radius 2 is 1.88 bits per heavy atom. The van der Waals surface area contributed by atoms with Crippen molar-refractivity contribution in [3.05, 3.63) is 29.8 Å². The van der Waals surface area contributed by atoms with Crippen LogP contribution in [-0.2, 0) is 6.42 Å². The van der Waals surface area contributed by atoms with Crippen molar-refractivity contribution in [1.82, 2.24) is 14.7 Å². The van der Waals surface area contributed by atoms with Crippen molar-refractivity contribution in [2.45, 2.75) is 25.3 Å². The van der Waals surface area contributed by atoms with E-state index in [0.29, 0.717) is 0 Å². The van der Waals surface area contributed by atoms with E-state index in [1.807, 2.05) is 12.1 Å². The lowest BCUT2D eigenvalue weighted by atomic mass is 10.1. The van der Waals surface area contributed by atoms with Crippen molar-refractivity contribution < 1.29 is 9.90 Å². The van der Waals surface area contributed by atoms with Crippen LogP contribution >= 0.6 is 0 Å². The summed E-state index contributed by atoms with van der Waals surface area (Å²) in [7, 11) is 2.18. The fourth-order valence-corrected chi connectivity index (χ4v) is 3.60. The molecule has 6 heteroatoms. The van der Waals surface area contributed by atoms with Crippen molar-refractivity contribution in [1.29, 1.82) is 0 Å². The fraction of sp³-hybridized carbons (Fsp3) is 0.632. The minimum atomic E-state index is -0.110. The Kier molecular flexibility index (Phi) is 6.29. The molecular weight excluding hydrogens is 316 g/mol. The Hall–Kier alpha value is -1.63. The van der Waals surface area contributed by atoms with Crippen LogP contribution in [0.5, 0.6) is 0 Å².